The van der Waals surface area contributed by atoms with E-state index in [0.717, 1.165) is 0 Å². The SMILES string of the molecule is COc1cc(C2CC(=O)c3c(O)c([C@H]4OC[C@H](O)[C@H](O)[C@H]4O)c(O)c([C@@H]4O[C@H](CO)[C@@H](O)[C@H](O)[C@H]4O)c3O2)cc(OC)c1O. The van der Waals surface area contributed by atoms with Gasteiger partial charge in [-0.2, -0.15) is 0 Å². The van der Waals surface area contributed by atoms with Gasteiger partial charge in [0.2, 0.25) is 5.75 Å². The van der Waals surface area contributed by atoms with E-state index in [1.165, 1.54) is 26.4 Å². The monoisotopic (exact) mass is 626 g/mol. The molecule has 0 radical (unpaired) electrons. The van der Waals surface area contributed by atoms with Gasteiger partial charge in [-0.25, -0.2) is 0 Å². The fraction of sp³-hybridized carbons (Fsp3) is 0.536. The van der Waals surface area contributed by atoms with Gasteiger partial charge in [0.1, 0.15) is 83.9 Å². The van der Waals surface area contributed by atoms with Crippen molar-refractivity contribution in [2.24, 2.45) is 0 Å². The van der Waals surface area contributed by atoms with Gasteiger partial charge in [-0.3, -0.25) is 4.79 Å². The molecule has 10 atom stereocenters. The summed E-state index contributed by atoms with van der Waals surface area (Å²) in [4.78, 5) is 13.7. The molecule has 10 N–H and O–H groups in total. The lowest BCUT2D eigenvalue weighted by Gasteiger charge is -2.42. The van der Waals surface area contributed by atoms with Crippen LogP contribution in [0.2, 0.25) is 0 Å². The molecule has 3 aliphatic rings. The van der Waals surface area contributed by atoms with Gasteiger partial charge < -0.3 is 74.7 Å². The van der Waals surface area contributed by atoms with Gasteiger partial charge in [0, 0.05) is 5.56 Å². The van der Waals surface area contributed by atoms with Crippen LogP contribution in [0.5, 0.6) is 34.5 Å². The van der Waals surface area contributed by atoms with Crippen molar-refractivity contribution < 1.29 is 79.5 Å². The molecule has 2 aromatic rings. The van der Waals surface area contributed by atoms with E-state index in [0.29, 0.717) is 0 Å². The predicted octanol–water partition coefficient (Wildman–Crippen LogP) is -1.80. The number of benzene rings is 2. The molecule has 2 saturated heterocycles. The highest BCUT2D eigenvalue weighted by molar-refractivity contribution is 6.04. The van der Waals surface area contributed by atoms with Crippen molar-refractivity contribution in [2.45, 2.75) is 67.5 Å². The number of rotatable bonds is 6. The van der Waals surface area contributed by atoms with E-state index >= 15 is 0 Å². The van der Waals surface area contributed by atoms with Gasteiger partial charge in [-0.05, 0) is 12.1 Å². The van der Waals surface area contributed by atoms with E-state index < -0.39 is 120 Å². The second-order valence-corrected chi connectivity index (χ2v) is 10.8. The van der Waals surface area contributed by atoms with Crippen LogP contribution in [0.3, 0.4) is 0 Å². The number of ether oxygens (including phenoxy) is 5. The van der Waals surface area contributed by atoms with Gasteiger partial charge in [0.05, 0.1) is 45.0 Å². The summed E-state index contributed by atoms with van der Waals surface area (Å²) in [6.45, 7) is -1.37. The van der Waals surface area contributed by atoms with Gasteiger partial charge in [-0.1, -0.05) is 0 Å². The maximum absolute atomic E-state index is 13.7. The minimum Gasteiger partial charge on any atom is -0.507 e. The first kappa shape index (κ1) is 32.0. The van der Waals surface area contributed by atoms with Crippen LogP contribution in [0, 0.1) is 0 Å². The molecule has 242 valence electrons. The lowest BCUT2D eigenvalue weighted by Crippen LogP contribution is -2.55. The smallest absolute Gasteiger partial charge is 0.200 e. The maximum Gasteiger partial charge on any atom is 0.200 e. The van der Waals surface area contributed by atoms with E-state index in [4.69, 9.17) is 23.7 Å². The molecule has 16 heteroatoms. The van der Waals surface area contributed by atoms with Crippen molar-refractivity contribution in [1.82, 2.24) is 0 Å². The van der Waals surface area contributed by atoms with Crippen LogP contribution in [0.1, 0.15) is 51.8 Å². The molecule has 0 bridgehead atoms. The molecule has 0 spiro atoms. The summed E-state index contributed by atoms with van der Waals surface area (Å²) < 4.78 is 27.6. The van der Waals surface area contributed by atoms with Gasteiger partial charge >= 0.3 is 0 Å². The molecule has 0 aliphatic carbocycles. The Kier molecular flexibility index (Phi) is 8.83. The second-order valence-electron chi connectivity index (χ2n) is 10.8. The van der Waals surface area contributed by atoms with E-state index in [1.807, 2.05) is 0 Å². The molecule has 3 aliphatic heterocycles. The number of carbonyl (C=O) groups is 1. The van der Waals surface area contributed by atoms with Crippen molar-refractivity contribution >= 4 is 5.78 Å². The van der Waals surface area contributed by atoms with Crippen molar-refractivity contribution in [3.05, 3.63) is 34.4 Å². The van der Waals surface area contributed by atoms with Crippen molar-refractivity contribution in [1.29, 1.82) is 0 Å². The summed E-state index contributed by atoms with van der Waals surface area (Å²) in [5.41, 5.74) is -1.41. The lowest BCUT2D eigenvalue weighted by atomic mass is 9.83. The van der Waals surface area contributed by atoms with Crippen LogP contribution >= 0.6 is 0 Å². The Morgan fingerprint density at radius 3 is 2.00 bits per heavy atom. The number of ketones is 1. The van der Waals surface area contributed by atoms with Gasteiger partial charge in [-0.15, -0.1) is 0 Å². The van der Waals surface area contributed by atoms with E-state index in [-0.39, 0.29) is 22.8 Å². The summed E-state index contributed by atoms with van der Waals surface area (Å²) in [6.07, 6.45) is -17.5. The number of phenolic OH excluding ortho intramolecular Hbond substituents is 3. The summed E-state index contributed by atoms with van der Waals surface area (Å²) >= 11 is 0. The van der Waals surface area contributed by atoms with Crippen LogP contribution in [0.4, 0.5) is 0 Å². The third-order valence-electron chi connectivity index (χ3n) is 8.22. The summed E-state index contributed by atoms with van der Waals surface area (Å²) in [5.74, 6) is -3.50. The Bertz CT molecular complexity index is 1390. The predicted molar refractivity (Wildman–Crippen MR) is 143 cm³/mol. The first-order valence-electron chi connectivity index (χ1n) is 13.6. The zero-order valence-corrected chi connectivity index (χ0v) is 23.5. The molecule has 0 amide bonds. The number of aliphatic hydroxyl groups is 7. The second kappa shape index (κ2) is 12.2. The highest BCUT2D eigenvalue weighted by atomic mass is 16.6. The fourth-order valence-electron chi connectivity index (χ4n) is 5.80. The highest BCUT2D eigenvalue weighted by Gasteiger charge is 2.50. The fourth-order valence-corrected chi connectivity index (χ4v) is 5.80. The number of aliphatic hydroxyl groups excluding tert-OH is 7. The van der Waals surface area contributed by atoms with Crippen molar-refractivity contribution in [3.8, 4) is 34.5 Å². The molecule has 2 aromatic carbocycles. The number of methoxy groups -OCH3 is 2. The number of hydrogen-bond acceptors (Lipinski definition) is 16. The molecule has 1 unspecified atom stereocenters. The average molecular weight is 627 g/mol. The Labute approximate surface area is 249 Å². The van der Waals surface area contributed by atoms with Crippen molar-refractivity contribution in [2.75, 3.05) is 27.4 Å². The summed E-state index contributed by atoms with van der Waals surface area (Å²) in [7, 11) is 2.57. The lowest BCUT2D eigenvalue weighted by molar-refractivity contribution is -0.232. The number of Topliss-reactive ketones (excluding diaryl/α,β-unsaturated/α-hetero) is 1. The first-order chi connectivity index (χ1) is 20.9. The third-order valence-corrected chi connectivity index (χ3v) is 8.22. The number of fused-ring (bicyclic) bond motifs is 1. The Morgan fingerprint density at radius 2 is 1.41 bits per heavy atom. The number of carbonyl (C=O) groups excluding carboxylic acids is 1. The van der Waals surface area contributed by atoms with E-state index in [1.54, 1.807) is 0 Å². The number of phenols is 3. The van der Waals surface area contributed by atoms with Crippen LogP contribution < -0.4 is 14.2 Å². The Balaban J connectivity index is 1.72. The third kappa shape index (κ3) is 5.07. The standard InChI is InChI=1S/C28H34O16/c1-40-12-3-8(4-13(41-2)19(12)33)11-5-9(30)15-21(35)16(27-24(38)18(32)10(31)7-42-27)22(36)17(26(15)43-11)28-25(39)23(37)20(34)14(6-29)44-28/h3-4,10-11,14,18,20,23-25,27-29,31-39H,5-7H2,1-2H3/t10-,11?,14+,18-,20+,23-,24+,25+,27+,28-/m0/s1. The molecule has 44 heavy (non-hydrogen) atoms. The topological polar surface area (TPSA) is 266 Å². The van der Waals surface area contributed by atoms with Crippen LogP contribution in [-0.4, -0.2) is 127 Å². The first-order valence-corrected chi connectivity index (χ1v) is 13.6. The normalized spacial score (nSPS) is 33.8. The zero-order chi connectivity index (χ0) is 32.2. The molecule has 5 rings (SSSR count). The van der Waals surface area contributed by atoms with Crippen LogP contribution in [0.25, 0.3) is 0 Å². The number of hydrogen-bond donors (Lipinski definition) is 10. The summed E-state index contributed by atoms with van der Waals surface area (Å²) in [5, 5.41) is 106. The minimum absolute atomic E-state index is 0.0272. The van der Waals surface area contributed by atoms with Crippen LogP contribution in [0.15, 0.2) is 12.1 Å². The summed E-state index contributed by atoms with van der Waals surface area (Å²) in [6, 6.07) is 2.72. The Morgan fingerprint density at radius 1 is 0.795 bits per heavy atom. The molecule has 16 nitrogen and oxygen atoms in total. The number of aromatic hydroxyl groups is 3. The molecular formula is C28H34O16. The molecule has 3 heterocycles. The minimum atomic E-state index is -1.99. The molecule has 0 aromatic heterocycles. The Hall–Kier alpha value is -3.45. The van der Waals surface area contributed by atoms with Gasteiger partial charge in [0.15, 0.2) is 17.3 Å². The molecular weight excluding hydrogens is 592 g/mol. The highest BCUT2D eigenvalue weighted by Crippen LogP contribution is 2.55. The van der Waals surface area contributed by atoms with E-state index in [9.17, 15) is 55.9 Å². The molecule has 2 fully saturated rings. The quantitative estimate of drug-likeness (QED) is 0.169. The average Bonchev–Trinajstić information content (AvgIpc) is 3.00. The zero-order valence-electron chi connectivity index (χ0n) is 23.5. The van der Waals surface area contributed by atoms with E-state index in [2.05, 4.69) is 0 Å². The van der Waals surface area contributed by atoms with Gasteiger partial charge in [0.25, 0.3) is 0 Å². The maximum atomic E-state index is 13.7. The largest absolute Gasteiger partial charge is 0.507 e. The van der Waals surface area contributed by atoms with Crippen molar-refractivity contribution in [3.63, 3.8) is 0 Å². The molecule has 0 saturated carbocycles. The van der Waals surface area contributed by atoms with Crippen LogP contribution in [-0.2, 0) is 9.47 Å².